The summed E-state index contributed by atoms with van der Waals surface area (Å²) in [4.78, 5) is 5.10. The quantitative estimate of drug-likeness (QED) is 0.420. The van der Waals surface area contributed by atoms with E-state index in [-0.39, 0.29) is 0 Å². The third-order valence-electron chi connectivity index (χ3n) is 9.13. The molecule has 0 N–H and O–H groups in total. The van der Waals surface area contributed by atoms with Gasteiger partial charge in [0.2, 0.25) is 0 Å². The van der Waals surface area contributed by atoms with E-state index in [1.165, 1.54) is 57.1 Å². The molecule has 0 aliphatic heterocycles. The highest BCUT2D eigenvalue weighted by atomic mass is 28.4. The van der Waals surface area contributed by atoms with Crippen molar-refractivity contribution in [1.29, 1.82) is 0 Å². The molecule has 27 heavy (non-hydrogen) atoms. The van der Waals surface area contributed by atoms with Gasteiger partial charge in [-0.25, -0.2) is 0 Å². The summed E-state index contributed by atoms with van der Waals surface area (Å²) >= 11 is 0. The van der Waals surface area contributed by atoms with Crippen molar-refractivity contribution in [3.8, 4) is 0 Å². The van der Waals surface area contributed by atoms with Crippen LogP contribution < -0.4 is 0 Å². The molecule has 0 spiro atoms. The highest BCUT2D eigenvalue weighted by Crippen LogP contribution is 2.66. The number of hydrogen-bond acceptors (Lipinski definition) is 3. The van der Waals surface area contributed by atoms with Gasteiger partial charge in [0.25, 0.3) is 0 Å². The van der Waals surface area contributed by atoms with Crippen molar-refractivity contribution in [3.63, 3.8) is 0 Å². The topological polar surface area (TPSA) is 30.8 Å². The van der Waals surface area contributed by atoms with Crippen molar-refractivity contribution >= 4 is 14.0 Å². The average molecular weight is 392 g/mol. The van der Waals surface area contributed by atoms with E-state index in [0.29, 0.717) is 16.9 Å². The van der Waals surface area contributed by atoms with Crippen LogP contribution in [0.5, 0.6) is 0 Å². The van der Waals surface area contributed by atoms with Crippen LogP contribution in [0.15, 0.2) is 5.16 Å². The van der Waals surface area contributed by atoms with Crippen molar-refractivity contribution in [2.24, 2.45) is 39.7 Å². The Morgan fingerprint density at radius 3 is 2.37 bits per heavy atom. The zero-order valence-electron chi connectivity index (χ0n) is 18.5. The van der Waals surface area contributed by atoms with Gasteiger partial charge in [-0.2, -0.15) is 0 Å². The van der Waals surface area contributed by atoms with Crippen molar-refractivity contribution < 1.29 is 9.26 Å². The largest absolute Gasteiger partial charge is 0.414 e. The van der Waals surface area contributed by atoms with Crippen LogP contribution >= 0.6 is 0 Å². The maximum Gasteiger partial charge on any atom is 0.184 e. The Kier molecular flexibility index (Phi) is 5.07. The normalized spacial score (nSPS) is 48.7. The maximum absolute atomic E-state index is 6.73. The highest BCUT2D eigenvalue weighted by Gasteiger charge is 2.60. The van der Waals surface area contributed by atoms with Crippen molar-refractivity contribution in [1.82, 2.24) is 0 Å². The van der Waals surface area contributed by atoms with Crippen LogP contribution in [-0.2, 0) is 9.26 Å². The van der Waals surface area contributed by atoms with Crippen LogP contribution in [0.3, 0.4) is 0 Å². The molecule has 7 atom stereocenters. The number of rotatable bonds is 3. The molecule has 0 radical (unpaired) electrons. The average Bonchev–Trinajstić information content (AvgIpc) is 2.90. The van der Waals surface area contributed by atoms with Crippen LogP contribution in [0.4, 0.5) is 0 Å². The number of oxime groups is 1. The molecular formula is C23H41NO2Si. The molecule has 154 valence electrons. The molecule has 0 saturated heterocycles. The fraction of sp³-hybridized carbons (Fsp3) is 0.957. The van der Waals surface area contributed by atoms with E-state index in [0.717, 1.165) is 30.1 Å². The molecule has 4 heteroatoms. The van der Waals surface area contributed by atoms with E-state index < -0.39 is 8.32 Å². The first kappa shape index (κ1) is 19.9. The van der Waals surface area contributed by atoms with Gasteiger partial charge in [0.15, 0.2) is 8.32 Å². The van der Waals surface area contributed by atoms with Crippen molar-refractivity contribution in [2.75, 3.05) is 7.11 Å². The van der Waals surface area contributed by atoms with Gasteiger partial charge in [0.1, 0.15) is 7.11 Å². The summed E-state index contributed by atoms with van der Waals surface area (Å²) in [7, 11) is 0.221. The van der Waals surface area contributed by atoms with E-state index in [9.17, 15) is 0 Å². The van der Waals surface area contributed by atoms with Gasteiger partial charge >= 0.3 is 0 Å². The summed E-state index contributed by atoms with van der Waals surface area (Å²) in [5.74, 6) is 3.57. The number of nitrogens with zero attached hydrogens (tertiary/aromatic N) is 1. The Morgan fingerprint density at radius 2 is 1.67 bits per heavy atom. The molecule has 4 aliphatic carbocycles. The van der Waals surface area contributed by atoms with Gasteiger partial charge in [-0.3, -0.25) is 0 Å². The second kappa shape index (κ2) is 6.86. The van der Waals surface area contributed by atoms with Gasteiger partial charge in [0.05, 0.1) is 11.8 Å². The van der Waals surface area contributed by atoms with Gasteiger partial charge in [-0.15, -0.1) is 0 Å². The van der Waals surface area contributed by atoms with Crippen LogP contribution in [0.2, 0.25) is 19.6 Å². The minimum Gasteiger partial charge on any atom is -0.414 e. The van der Waals surface area contributed by atoms with E-state index in [1.807, 2.05) is 0 Å². The zero-order chi connectivity index (χ0) is 19.4. The van der Waals surface area contributed by atoms with E-state index >= 15 is 0 Å². The summed E-state index contributed by atoms with van der Waals surface area (Å²) in [5.41, 5.74) is 2.26. The molecule has 0 aromatic rings. The summed E-state index contributed by atoms with van der Waals surface area (Å²) < 4.78 is 6.73. The lowest BCUT2D eigenvalue weighted by Crippen LogP contribution is -2.54. The summed E-state index contributed by atoms with van der Waals surface area (Å²) in [6.45, 7) is 12.3. The van der Waals surface area contributed by atoms with Crippen molar-refractivity contribution in [3.05, 3.63) is 0 Å². The molecule has 4 fully saturated rings. The first-order chi connectivity index (χ1) is 12.7. The van der Waals surface area contributed by atoms with Crippen LogP contribution in [-0.4, -0.2) is 27.2 Å². The third-order valence-corrected chi connectivity index (χ3v) is 10.1. The van der Waals surface area contributed by atoms with Crippen LogP contribution in [0.1, 0.15) is 71.6 Å². The van der Waals surface area contributed by atoms with Crippen LogP contribution in [0.25, 0.3) is 0 Å². The van der Waals surface area contributed by atoms with Crippen LogP contribution in [0, 0.1) is 34.5 Å². The summed E-state index contributed by atoms with van der Waals surface area (Å²) in [6, 6.07) is 0. The minimum absolute atomic E-state index is 0.433. The Labute approximate surface area is 167 Å². The number of hydrogen-bond donors (Lipinski definition) is 0. The zero-order valence-corrected chi connectivity index (χ0v) is 19.5. The van der Waals surface area contributed by atoms with E-state index in [2.05, 4.69) is 38.6 Å². The molecule has 0 amide bonds. The van der Waals surface area contributed by atoms with Gasteiger partial charge in [0, 0.05) is 0 Å². The molecule has 0 heterocycles. The van der Waals surface area contributed by atoms with E-state index in [4.69, 9.17) is 9.26 Å². The summed E-state index contributed by atoms with van der Waals surface area (Å²) in [6.07, 6.45) is 12.5. The standard InChI is InChI=1S/C23H41NO2Si/c1-22-13-11-17(24-25-3)15-16(22)7-8-18-19-9-10-21(26-27(4,5)6)23(19,2)14-12-20(18)22/h16,18-21H,7-15H2,1-6H3/b24-17-/t16-,18+,19+,20+,21+,22+,23+/m1/s1. The molecule has 4 rings (SSSR count). The fourth-order valence-corrected chi connectivity index (χ4v) is 9.08. The first-order valence-electron chi connectivity index (χ1n) is 11.4. The van der Waals surface area contributed by atoms with Gasteiger partial charge in [-0.1, -0.05) is 19.0 Å². The lowest BCUT2D eigenvalue weighted by molar-refractivity contribution is -0.110. The molecular weight excluding hydrogens is 350 g/mol. The fourth-order valence-electron chi connectivity index (χ4n) is 7.84. The summed E-state index contributed by atoms with van der Waals surface area (Å²) in [5, 5.41) is 4.32. The van der Waals surface area contributed by atoms with Gasteiger partial charge < -0.3 is 9.26 Å². The molecule has 3 nitrogen and oxygen atoms in total. The van der Waals surface area contributed by atoms with E-state index in [1.54, 1.807) is 7.11 Å². The predicted molar refractivity (Wildman–Crippen MR) is 114 cm³/mol. The molecule has 4 saturated carbocycles. The molecule has 0 unspecified atom stereocenters. The first-order valence-corrected chi connectivity index (χ1v) is 14.8. The Morgan fingerprint density at radius 1 is 0.926 bits per heavy atom. The Hall–Kier alpha value is -0.353. The molecule has 0 aromatic carbocycles. The molecule has 0 bridgehead atoms. The maximum atomic E-state index is 6.73. The highest BCUT2D eigenvalue weighted by molar-refractivity contribution is 6.69. The third kappa shape index (κ3) is 3.33. The monoisotopic (exact) mass is 391 g/mol. The Balaban J connectivity index is 1.54. The predicted octanol–water partition coefficient (Wildman–Crippen LogP) is 6.25. The number of fused-ring (bicyclic) bond motifs is 5. The molecule has 4 aliphatic rings. The second-order valence-corrected chi connectivity index (χ2v) is 16.0. The van der Waals surface area contributed by atoms with Gasteiger partial charge in [-0.05, 0) is 112 Å². The lowest BCUT2D eigenvalue weighted by Gasteiger charge is -2.60. The lowest BCUT2D eigenvalue weighted by atomic mass is 9.45. The minimum atomic E-state index is -1.47. The molecule has 0 aromatic heterocycles. The van der Waals surface area contributed by atoms with Crippen molar-refractivity contribution in [2.45, 2.75) is 97.4 Å². The SMILES string of the molecule is CO/N=C1/CC[C@@]2(C)[C@H](CC[C@@H]3[C@@H]2CC[C@]2(C)[C@@H](O[Si](C)(C)C)CC[C@@H]32)C1. The second-order valence-electron chi connectivity index (χ2n) is 11.5. The smallest absolute Gasteiger partial charge is 0.184 e. The Bertz CT molecular complexity index is 600.